The molecule has 0 aliphatic heterocycles. The Labute approximate surface area is 111 Å². The van der Waals surface area contributed by atoms with Crippen LogP contribution in [0, 0.1) is 9.39 Å². The van der Waals surface area contributed by atoms with E-state index in [0.29, 0.717) is 5.69 Å². The molecule has 1 heterocycles. The first kappa shape index (κ1) is 12.0. The smallest absolute Gasteiger partial charge is 0.257 e. The summed E-state index contributed by atoms with van der Waals surface area (Å²) >= 11 is 2.12. The predicted octanol–water partition coefficient (Wildman–Crippen LogP) is 3.08. The molecule has 0 saturated carbocycles. The molecule has 0 aliphatic rings. The van der Waals surface area contributed by atoms with Crippen LogP contribution in [-0.2, 0) is 0 Å². The van der Waals surface area contributed by atoms with Crippen LogP contribution >= 0.6 is 22.6 Å². The Kier molecular flexibility index (Phi) is 3.68. The largest absolute Gasteiger partial charge is 0.321 e. The number of hydrogen-bond acceptors (Lipinski definition) is 2. The van der Waals surface area contributed by atoms with Gasteiger partial charge < -0.3 is 5.32 Å². The number of para-hydroxylation sites is 1. The molecule has 1 N–H and O–H groups in total. The van der Waals surface area contributed by atoms with E-state index >= 15 is 0 Å². The summed E-state index contributed by atoms with van der Waals surface area (Å²) in [4.78, 5) is 15.4. The van der Waals surface area contributed by atoms with Crippen LogP contribution in [-0.4, -0.2) is 10.9 Å². The van der Waals surface area contributed by atoms with Crippen LogP contribution in [0.15, 0.2) is 42.7 Å². The number of benzene rings is 1. The van der Waals surface area contributed by atoms with Crippen molar-refractivity contribution in [2.75, 3.05) is 5.32 Å². The van der Waals surface area contributed by atoms with Crippen molar-refractivity contribution in [2.24, 2.45) is 0 Å². The fourth-order valence-electron chi connectivity index (χ4n) is 1.29. The highest BCUT2D eigenvalue weighted by atomic mass is 127. The molecule has 0 radical (unpaired) electrons. The molecule has 0 bridgehead atoms. The first-order chi connectivity index (χ1) is 8.16. The van der Waals surface area contributed by atoms with Gasteiger partial charge in [0, 0.05) is 9.77 Å². The summed E-state index contributed by atoms with van der Waals surface area (Å²) in [6.45, 7) is 0. The lowest BCUT2D eigenvalue weighted by Crippen LogP contribution is -2.13. The number of hydrogen-bond donors (Lipinski definition) is 1. The molecule has 1 aromatic carbocycles. The Hall–Kier alpha value is -1.50. The molecule has 0 unspecified atom stereocenters. The summed E-state index contributed by atoms with van der Waals surface area (Å²) in [6.07, 6.45) is 2.39. The van der Waals surface area contributed by atoms with E-state index in [1.807, 2.05) is 18.2 Å². The molecular formula is C12H8FIN2O. The minimum absolute atomic E-state index is 0.199. The summed E-state index contributed by atoms with van der Waals surface area (Å²) in [6, 6.07) is 8.51. The average Bonchev–Trinajstić information content (AvgIpc) is 2.32. The summed E-state index contributed by atoms with van der Waals surface area (Å²) in [5.74, 6) is -0.901. The van der Waals surface area contributed by atoms with E-state index in [0.717, 1.165) is 15.8 Å². The highest BCUT2D eigenvalue weighted by Gasteiger charge is 2.08. The lowest BCUT2D eigenvalue weighted by Gasteiger charge is -2.06. The van der Waals surface area contributed by atoms with Crippen molar-refractivity contribution >= 4 is 34.2 Å². The van der Waals surface area contributed by atoms with E-state index in [-0.39, 0.29) is 11.5 Å². The van der Waals surface area contributed by atoms with E-state index < -0.39 is 5.82 Å². The van der Waals surface area contributed by atoms with Gasteiger partial charge in [-0.2, -0.15) is 0 Å². The Bertz CT molecular complexity index is 560. The number of pyridine rings is 1. The van der Waals surface area contributed by atoms with Gasteiger partial charge in [0.05, 0.1) is 17.4 Å². The van der Waals surface area contributed by atoms with Gasteiger partial charge in [0.25, 0.3) is 5.91 Å². The van der Waals surface area contributed by atoms with Crippen LogP contribution in [0.4, 0.5) is 10.1 Å². The average molecular weight is 342 g/mol. The van der Waals surface area contributed by atoms with Crippen molar-refractivity contribution < 1.29 is 9.18 Å². The van der Waals surface area contributed by atoms with Gasteiger partial charge in [-0.3, -0.25) is 9.78 Å². The summed E-state index contributed by atoms with van der Waals surface area (Å²) in [5.41, 5.74) is 0.895. The van der Waals surface area contributed by atoms with E-state index in [1.165, 1.54) is 6.20 Å². The zero-order valence-corrected chi connectivity index (χ0v) is 10.8. The molecule has 1 aromatic heterocycles. The van der Waals surface area contributed by atoms with Crippen LogP contribution in [0.2, 0.25) is 0 Å². The molecule has 17 heavy (non-hydrogen) atoms. The van der Waals surface area contributed by atoms with E-state index in [2.05, 4.69) is 32.9 Å². The topological polar surface area (TPSA) is 42.0 Å². The molecule has 5 heteroatoms. The maximum atomic E-state index is 12.9. The number of anilines is 1. The molecule has 2 aromatic rings. The molecule has 0 atom stereocenters. The molecule has 0 aliphatic carbocycles. The van der Waals surface area contributed by atoms with Crippen molar-refractivity contribution in [3.63, 3.8) is 0 Å². The Balaban J connectivity index is 2.20. The molecule has 2 rings (SSSR count). The monoisotopic (exact) mass is 342 g/mol. The van der Waals surface area contributed by atoms with Crippen molar-refractivity contribution in [1.29, 1.82) is 0 Å². The second-order valence-electron chi connectivity index (χ2n) is 3.33. The zero-order chi connectivity index (χ0) is 12.3. The third-order valence-electron chi connectivity index (χ3n) is 2.09. The Morgan fingerprint density at radius 2 is 2.06 bits per heavy atom. The van der Waals surface area contributed by atoms with Crippen LogP contribution in [0.3, 0.4) is 0 Å². The summed E-state index contributed by atoms with van der Waals surface area (Å²) in [5, 5.41) is 2.70. The maximum Gasteiger partial charge on any atom is 0.257 e. The van der Waals surface area contributed by atoms with E-state index in [4.69, 9.17) is 0 Å². The quantitative estimate of drug-likeness (QED) is 0.853. The van der Waals surface area contributed by atoms with Gasteiger partial charge in [0.2, 0.25) is 0 Å². The minimum atomic E-state index is -0.527. The highest BCUT2D eigenvalue weighted by molar-refractivity contribution is 14.1. The fourth-order valence-corrected chi connectivity index (χ4v) is 1.82. The number of nitrogens with zero attached hydrogens (tertiary/aromatic N) is 1. The number of carbonyl (C=O) groups is 1. The van der Waals surface area contributed by atoms with Crippen molar-refractivity contribution in [3.8, 4) is 0 Å². The third-order valence-corrected chi connectivity index (χ3v) is 3.03. The molecule has 0 fully saturated rings. The Morgan fingerprint density at radius 1 is 1.29 bits per heavy atom. The van der Waals surface area contributed by atoms with Gasteiger partial charge in [-0.15, -0.1) is 0 Å². The Morgan fingerprint density at radius 3 is 2.76 bits per heavy atom. The number of amides is 1. The first-order valence-electron chi connectivity index (χ1n) is 4.83. The van der Waals surface area contributed by atoms with Crippen LogP contribution < -0.4 is 5.32 Å². The van der Waals surface area contributed by atoms with E-state index in [1.54, 1.807) is 6.07 Å². The fraction of sp³-hybridized carbons (Fsp3) is 0. The normalized spacial score (nSPS) is 10.0. The molecule has 1 amide bonds. The van der Waals surface area contributed by atoms with Crippen LogP contribution in [0.1, 0.15) is 10.4 Å². The summed E-state index contributed by atoms with van der Waals surface area (Å²) < 4.78 is 13.8. The van der Waals surface area contributed by atoms with Gasteiger partial charge in [0.1, 0.15) is 5.82 Å². The molecule has 0 saturated heterocycles. The molecule has 86 valence electrons. The van der Waals surface area contributed by atoms with Crippen molar-refractivity contribution in [3.05, 3.63) is 57.7 Å². The van der Waals surface area contributed by atoms with Crippen LogP contribution in [0.25, 0.3) is 0 Å². The maximum absolute atomic E-state index is 12.9. The highest BCUT2D eigenvalue weighted by Crippen LogP contribution is 2.17. The minimum Gasteiger partial charge on any atom is -0.321 e. The van der Waals surface area contributed by atoms with E-state index in [9.17, 15) is 9.18 Å². The lowest BCUT2D eigenvalue weighted by molar-refractivity contribution is 0.102. The van der Waals surface area contributed by atoms with Gasteiger partial charge in [-0.25, -0.2) is 4.39 Å². The first-order valence-corrected chi connectivity index (χ1v) is 5.91. The van der Waals surface area contributed by atoms with Crippen LogP contribution in [0.5, 0.6) is 0 Å². The summed E-state index contributed by atoms with van der Waals surface area (Å²) in [7, 11) is 0. The molecular weight excluding hydrogens is 334 g/mol. The zero-order valence-electron chi connectivity index (χ0n) is 8.65. The van der Waals surface area contributed by atoms with Crippen molar-refractivity contribution in [1.82, 2.24) is 4.98 Å². The van der Waals surface area contributed by atoms with Gasteiger partial charge in [-0.05, 0) is 40.8 Å². The van der Waals surface area contributed by atoms with Gasteiger partial charge in [-0.1, -0.05) is 12.1 Å². The second kappa shape index (κ2) is 5.22. The molecule has 3 nitrogen and oxygen atoms in total. The number of carbonyl (C=O) groups excluding carboxylic acids is 1. The third kappa shape index (κ3) is 3.00. The molecule has 0 spiro atoms. The number of aromatic nitrogens is 1. The number of nitrogens with one attached hydrogen (secondary N) is 1. The lowest BCUT2D eigenvalue weighted by atomic mass is 10.2. The van der Waals surface area contributed by atoms with Gasteiger partial charge in [0.15, 0.2) is 0 Å². The van der Waals surface area contributed by atoms with Gasteiger partial charge >= 0.3 is 0 Å². The second-order valence-corrected chi connectivity index (χ2v) is 4.49. The standard InChI is InChI=1S/C12H8FIN2O/c13-9-5-8(6-15-7-9)12(17)16-11-4-2-1-3-10(11)14/h1-7H,(H,16,17). The number of halogens is 2. The van der Waals surface area contributed by atoms with Crippen molar-refractivity contribution in [2.45, 2.75) is 0 Å². The predicted molar refractivity (Wildman–Crippen MR) is 71.3 cm³/mol. The number of rotatable bonds is 2. The SMILES string of the molecule is O=C(Nc1ccccc1I)c1cncc(F)c1.